The number of ether oxygens (including phenoxy) is 1. The molecule has 0 bridgehead atoms. The lowest BCUT2D eigenvalue weighted by molar-refractivity contribution is -0.116. The molecule has 0 heterocycles. The van der Waals surface area contributed by atoms with Gasteiger partial charge in [-0.3, -0.25) is 4.79 Å². The topological polar surface area (TPSA) is 26.3 Å². The fourth-order valence-corrected chi connectivity index (χ4v) is 1.45. The molecule has 3 heteroatoms. The van der Waals surface area contributed by atoms with Crippen LogP contribution in [-0.4, -0.2) is 12.4 Å². The maximum atomic E-state index is 11.0. The highest BCUT2D eigenvalue weighted by atomic mass is 35.5. The number of carbonyl (C=O) groups excluding carboxylic acids is 1. The van der Waals surface area contributed by atoms with Gasteiger partial charge >= 0.3 is 0 Å². The number of Topliss-reactive ketones (excluding diaryl/α,β-unsaturated/α-hetero) is 1. The molecule has 0 aliphatic carbocycles. The molecule has 1 rings (SSSR count). The van der Waals surface area contributed by atoms with Gasteiger partial charge in [-0.2, -0.15) is 0 Å². The van der Waals surface area contributed by atoms with Crippen LogP contribution in [0.3, 0.4) is 0 Å². The van der Waals surface area contributed by atoms with Crippen molar-refractivity contribution in [1.82, 2.24) is 0 Å². The van der Waals surface area contributed by atoms with Crippen LogP contribution in [0.1, 0.15) is 25.8 Å². The fraction of sp³-hybridized carbons (Fsp3) is 0.417. The minimum atomic E-state index is 0.101. The summed E-state index contributed by atoms with van der Waals surface area (Å²) in [6.07, 6.45) is 1.33. The first kappa shape index (κ1) is 12.1. The predicted octanol–water partition coefficient (Wildman–Crippen LogP) is 3.26. The maximum absolute atomic E-state index is 11.0. The van der Waals surface area contributed by atoms with Crippen LogP contribution in [0.5, 0.6) is 5.75 Å². The minimum absolute atomic E-state index is 0.101. The van der Waals surface area contributed by atoms with E-state index in [1.54, 1.807) is 13.0 Å². The van der Waals surface area contributed by atoms with E-state index in [4.69, 9.17) is 16.3 Å². The molecule has 0 aliphatic heterocycles. The van der Waals surface area contributed by atoms with Gasteiger partial charge in [0.2, 0.25) is 0 Å². The van der Waals surface area contributed by atoms with Crippen molar-refractivity contribution in [2.24, 2.45) is 0 Å². The summed E-state index contributed by atoms with van der Waals surface area (Å²) in [5.74, 6) is 0.877. The number of ketones is 1. The molecule has 1 aromatic rings. The van der Waals surface area contributed by atoms with Crippen molar-refractivity contribution in [1.29, 1.82) is 0 Å². The van der Waals surface area contributed by atoms with Crippen molar-refractivity contribution < 1.29 is 9.53 Å². The second-order valence-corrected chi connectivity index (χ2v) is 3.89. The number of hydrogen-bond acceptors (Lipinski definition) is 2. The largest absolute Gasteiger partial charge is 0.494 e. The van der Waals surface area contributed by atoms with Crippen LogP contribution in [0.2, 0.25) is 5.02 Å². The molecular weight excluding hydrogens is 212 g/mol. The van der Waals surface area contributed by atoms with Gasteiger partial charge in [0.1, 0.15) is 11.5 Å². The van der Waals surface area contributed by atoms with Crippen LogP contribution in [0, 0.1) is 0 Å². The summed E-state index contributed by atoms with van der Waals surface area (Å²) in [6.45, 7) is 4.28. The SMILES string of the molecule is CCCOc1ccc(Cl)c(CC(C)=O)c1. The summed E-state index contributed by atoms with van der Waals surface area (Å²) >= 11 is 5.97. The lowest BCUT2D eigenvalue weighted by Crippen LogP contribution is -1.99. The molecule has 0 radical (unpaired) electrons. The Hall–Kier alpha value is -1.02. The summed E-state index contributed by atoms with van der Waals surface area (Å²) in [5.41, 5.74) is 0.831. The first-order valence-electron chi connectivity index (χ1n) is 5.04. The second-order valence-electron chi connectivity index (χ2n) is 3.48. The molecule has 0 saturated heterocycles. The van der Waals surface area contributed by atoms with E-state index in [1.807, 2.05) is 19.1 Å². The van der Waals surface area contributed by atoms with Gasteiger partial charge in [0.05, 0.1) is 6.61 Å². The number of benzene rings is 1. The molecule has 0 aliphatic rings. The van der Waals surface area contributed by atoms with Crippen molar-refractivity contribution in [3.8, 4) is 5.75 Å². The van der Waals surface area contributed by atoms with Crippen LogP contribution in [-0.2, 0) is 11.2 Å². The summed E-state index contributed by atoms with van der Waals surface area (Å²) in [4.78, 5) is 11.0. The molecule has 0 amide bonds. The average molecular weight is 227 g/mol. The van der Waals surface area contributed by atoms with Crippen molar-refractivity contribution in [2.45, 2.75) is 26.7 Å². The molecule has 0 unspecified atom stereocenters. The number of rotatable bonds is 5. The number of carbonyl (C=O) groups is 1. The lowest BCUT2D eigenvalue weighted by atomic mass is 10.1. The van der Waals surface area contributed by atoms with Crippen LogP contribution >= 0.6 is 11.6 Å². The zero-order valence-corrected chi connectivity index (χ0v) is 9.80. The Morgan fingerprint density at radius 2 is 2.20 bits per heavy atom. The van der Waals surface area contributed by atoms with Crippen LogP contribution < -0.4 is 4.74 Å². The van der Waals surface area contributed by atoms with Crippen LogP contribution in [0.4, 0.5) is 0 Å². The smallest absolute Gasteiger partial charge is 0.134 e. The van der Waals surface area contributed by atoms with E-state index in [-0.39, 0.29) is 5.78 Å². The first-order chi connectivity index (χ1) is 7.13. The predicted molar refractivity (Wildman–Crippen MR) is 61.6 cm³/mol. The van der Waals surface area contributed by atoms with E-state index in [1.165, 1.54) is 0 Å². The standard InChI is InChI=1S/C12H15ClO2/c1-3-6-15-11-4-5-12(13)10(8-11)7-9(2)14/h4-5,8H,3,6-7H2,1-2H3. The van der Waals surface area contributed by atoms with E-state index in [0.717, 1.165) is 17.7 Å². The van der Waals surface area contributed by atoms with Gasteiger partial charge in [-0.05, 0) is 37.1 Å². The first-order valence-corrected chi connectivity index (χ1v) is 5.42. The molecule has 82 valence electrons. The molecule has 0 atom stereocenters. The van der Waals surface area contributed by atoms with E-state index in [2.05, 4.69) is 0 Å². The minimum Gasteiger partial charge on any atom is -0.494 e. The second kappa shape index (κ2) is 5.76. The molecule has 15 heavy (non-hydrogen) atoms. The maximum Gasteiger partial charge on any atom is 0.134 e. The summed E-state index contributed by atoms with van der Waals surface area (Å²) in [5, 5.41) is 0.619. The molecule has 0 spiro atoms. The third kappa shape index (κ3) is 3.92. The molecule has 0 fully saturated rings. The van der Waals surface area contributed by atoms with Crippen molar-refractivity contribution >= 4 is 17.4 Å². The Labute approximate surface area is 95.2 Å². The highest BCUT2D eigenvalue weighted by Gasteiger charge is 2.05. The van der Waals surface area contributed by atoms with Crippen molar-refractivity contribution in [3.63, 3.8) is 0 Å². The van der Waals surface area contributed by atoms with Crippen LogP contribution in [0.25, 0.3) is 0 Å². The summed E-state index contributed by atoms with van der Waals surface area (Å²) in [7, 11) is 0. The van der Waals surface area contributed by atoms with Crippen molar-refractivity contribution in [2.75, 3.05) is 6.61 Å². The average Bonchev–Trinajstić information content (AvgIpc) is 2.18. The third-order valence-electron chi connectivity index (χ3n) is 1.93. The molecule has 1 aromatic carbocycles. The quantitative estimate of drug-likeness (QED) is 0.771. The Kier molecular flexibility index (Phi) is 4.63. The van der Waals surface area contributed by atoms with Gasteiger partial charge in [-0.1, -0.05) is 18.5 Å². The van der Waals surface area contributed by atoms with Crippen molar-refractivity contribution in [3.05, 3.63) is 28.8 Å². The van der Waals surface area contributed by atoms with Gasteiger partial charge in [0.15, 0.2) is 0 Å². The molecular formula is C12H15ClO2. The Morgan fingerprint density at radius 1 is 1.47 bits per heavy atom. The Balaban J connectivity index is 2.80. The molecule has 0 N–H and O–H groups in total. The molecule has 2 nitrogen and oxygen atoms in total. The van der Waals surface area contributed by atoms with E-state index >= 15 is 0 Å². The van der Waals surface area contributed by atoms with Gasteiger partial charge in [-0.15, -0.1) is 0 Å². The third-order valence-corrected chi connectivity index (χ3v) is 2.30. The van der Waals surface area contributed by atoms with Crippen LogP contribution in [0.15, 0.2) is 18.2 Å². The monoisotopic (exact) mass is 226 g/mol. The number of halogens is 1. The highest BCUT2D eigenvalue weighted by Crippen LogP contribution is 2.22. The van der Waals surface area contributed by atoms with E-state index < -0.39 is 0 Å². The summed E-state index contributed by atoms with van der Waals surface area (Å²) in [6, 6.07) is 5.42. The van der Waals surface area contributed by atoms with Gasteiger partial charge < -0.3 is 4.74 Å². The zero-order chi connectivity index (χ0) is 11.3. The number of hydrogen-bond donors (Lipinski definition) is 0. The Bertz CT molecular complexity index is 347. The van der Waals surface area contributed by atoms with Gasteiger partial charge in [0, 0.05) is 11.4 Å². The summed E-state index contributed by atoms with van der Waals surface area (Å²) < 4.78 is 5.46. The van der Waals surface area contributed by atoms with E-state index in [0.29, 0.717) is 18.1 Å². The fourth-order valence-electron chi connectivity index (χ4n) is 1.26. The zero-order valence-electron chi connectivity index (χ0n) is 9.05. The lowest BCUT2D eigenvalue weighted by Gasteiger charge is -2.07. The highest BCUT2D eigenvalue weighted by molar-refractivity contribution is 6.31. The normalized spacial score (nSPS) is 10.1. The Morgan fingerprint density at radius 3 is 2.80 bits per heavy atom. The van der Waals surface area contributed by atoms with Gasteiger partial charge in [-0.25, -0.2) is 0 Å². The van der Waals surface area contributed by atoms with Gasteiger partial charge in [0.25, 0.3) is 0 Å². The molecule has 0 saturated carbocycles. The molecule has 0 aromatic heterocycles. The van der Waals surface area contributed by atoms with E-state index in [9.17, 15) is 4.79 Å².